The minimum absolute atomic E-state index is 0.544. The molecule has 0 fully saturated rings. The van der Waals surface area contributed by atoms with Gasteiger partial charge in [0.05, 0.1) is 0 Å². The summed E-state index contributed by atoms with van der Waals surface area (Å²) in [5, 5.41) is 0.719. The van der Waals surface area contributed by atoms with Crippen molar-refractivity contribution < 1.29 is 0 Å². The van der Waals surface area contributed by atoms with Crippen molar-refractivity contribution in [2.45, 2.75) is 6.54 Å². The third kappa shape index (κ3) is 3.34. The number of nitrogens with one attached hydrogen (secondary N) is 1. The standard InChI is InChI=1S/C12H13BrClN5/c1-19(6-8-3-2-4-9(14)5-8)12-10(13)11(18-15)16-7-17-12/h2-5,7H,6,15H2,1H3,(H,16,17,18). The highest BCUT2D eigenvalue weighted by Gasteiger charge is 2.12. The molecular weight excluding hydrogens is 330 g/mol. The lowest BCUT2D eigenvalue weighted by Gasteiger charge is -2.20. The average Bonchev–Trinajstić information content (AvgIpc) is 2.39. The molecule has 0 aliphatic rings. The van der Waals surface area contributed by atoms with Gasteiger partial charge in [0.2, 0.25) is 0 Å². The molecule has 19 heavy (non-hydrogen) atoms. The molecule has 0 bridgehead atoms. The Morgan fingerprint density at radius 2 is 2.21 bits per heavy atom. The fourth-order valence-electron chi connectivity index (χ4n) is 1.71. The number of rotatable bonds is 4. The summed E-state index contributed by atoms with van der Waals surface area (Å²) in [7, 11) is 1.94. The minimum Gasteiger partial charge on any atom is -0.354 e. The van der Waals surface area contributed by atoms with E-state index in [1.54, 1.807) is 0 Å². The quantitative estimate of drug-likeness (QED) is 0.660. The maximum atomic E-state index is 5.97. The maximum absolute atomic E-state index is 5.97. The second-order valence-electron chi connectivity index (χ2n) is 3.99. The molecule has 0 aliphatic carbocycles. The van der Waals surface area contributed by atoms with Crippen molar-refractivity contribution in [3.63, 3.8) is 0 Å². The fourth-order valence-corrected chi connectivity index (χ4v) is 2.55. The number of halogens is 2. The van der Waals surface area contributed by atoms with E-state index >= 15 is 0 Å². The average molecular weight is 343 g/mol. The molecule has 1 aromatic carbocycles. The van der Waals surface area contributed by atoms with Gasteiger partial charge in [-0.25, -0.2) is 15.8 Å². The third-order valence-corrected chi connectivity index (χ3v) is 3.54. The highest BCUT2D eigenvalue weighted by atomic mass is 79.9. The predicted molar refractivity (Wildman–Crippen MR) is 81.1 cm³/mol. The largest absolute Gasteiger partial charge is 0.354 e. The molecular formula is C12H13BrClN5. The molecule has 0 saturated carbocycles. The molecule has 2 aromatic rings. The number of nitrogens with zero attached hydrogens (tertiary/aromatic N) is 3. The highest BCUT2D eigenvalue weighted by molar-refractivity contribution is 9.10. The van der Waals surface area contributed by atoms with Crippen LogP contribution in [-0.2, 0) is 6.54 Å². The molecule has 0 amide bonds. The molecule has 0 aliphatic heterocycles. The van der Waals surface area contributed by atoms with Gasteiger partial charge in [0, 0.05) is 18.6 Å². The Morgan fingerprint density at radius 3 is 2.89 bits per heavy atom. The van der Waals surface area contributed by atoms with E-state index < -0.39 is 0 Å². The number of hydrazine groups is 1. The Labute approximate surface area is 124 Å². The van der Waals surface area contributed by atoms with E-state index in [0.717, 1.165) is 20.9 Å². The van der Waals surface area contributed by atoms with Gasteiger partial charge in [-0.05, 0) is 33.6 Å². The second-order valence-corrected chi connectivity index (χ2v) is 5.22. The van der Waals surface area contributed by atoms with E-state index in [1.165, 1.54) is 6.33 Å². The van der Waals surface area contributed by atoms with E-state index in [9.17, 15) is 0 Å². The summed E-state index contributed by atoms with van der Waals surface area (Å²) in [5.74, 6) is 6.68. The first-order valence-corrected chi connectivity index (χ1v) is 6.71. The van der Waals surface area contributed by atoms with Crippen LogP contribution in [0, 0.1) is 0 Å². The SMILES string of the molecule is CN(Cc1cccc(Cl)c1)c1ncnc(NN)c1Br. The molecule has 1 heterocycles. The van der Waals surface area contributed by atoms with Gasteiger partial charge in [-0.3, -0.25) is 0 Å². The van der Waals surface area contributed by atoms with Crippen LogP contribution in [0.15, 0.2) is 35.1 Å². The lowest BCUT2D eigenvalue weighted by atomic mass is 10.2. The first kappa shape index (κ1) is 14.0. The zero-order valence-electron chi connectivity index (χ0n) is 10.3. The van der Waals surface area contributed by atoms with Gasteiger partial charge in [0.15, 0.2) is 5.82 Å². The molecule has 5 nitrogen and oxygen atoms in total. The molecule has 100 valence electrons. The lowest BCUT2D eigenvalue weighted by molar-refractivity contribution is 0.886. The minimum atomic E-state index is 0.544. The van der Waals surface area contributed by atoms with Gasteiger partial charge in [-0.2, -0.15) is 0 Å². The lowest BCUT2D eigenvalue weighted by Crippen LogP contribution is -2.19. The zero-order valence-corrected chi connectivity index (χ0v) is 12.6. The number of benzene rings is 1. The van der Waals surface area contributed by atoms with E-state index in [2.05, 4.69) is 31.3 Å². The number of anilines is 2. The van der Waals surface area contributed by atoms with E-state index in [1.807, 2.05) is 36.2 Å². The number of nitrogens with two attached hydrogens (primary N) is 1. The fraction of sp³-hybridized carbons (Fsp3) is 0.167. The molecule has 1 aromatic heterocycles. The first-order valence-electron chi connectivity index (χ1n) is 5.54. The summed E-state index contributed by atoms with van der Waals surface area (Å²) in [6.45, 7) is 0.681. The molecule has 3 N–H and O–H groups in total. The van der Waals surface area contributed by atoms with Crippen LogP contribution < -0.4 is 16.2 Å². The van der Waals surface area contributed by atoms with Crippen LogP contribution in [-0.4, -0.2) is 17.0 Å². The monoisotopic (exact) mass is 341 g/mol. The molecule has 0 unspecified atom stereocenters. The Bertz CT molecular complexity index is 578. The summed E-state index contributed by atoms with van der Waals surface area (Å²) in [5.41, 5.74) is 3.62. The summed E-state index contributed by atoms with van der Waals surface area (Å²) in [6.07, 6.45) is 1.46. The zero-order chi connectivity index (χ0) is 13.8. The topological polar surface area (TPSA) is 67.1 Å². The number of aromatic nitrogens is 2. The van der Waals surface area contributed by atoms with Crippen molar-refractivity contribution >= 4 is 39.2 Å². The van der Waals surface area contributed by atoms with Gasteiger partial charge in [-0.15, -0.1) is 0 Å². The van der Waals surface area contributed by atoms with E-state index in [4.69, 9.17) is 17.4 Å². The Hall–Kier alpha value is -1.37. The highest BCUT2D eigenvalue weighted by Crippen LogP contribution is 2.29. The summed E-state index contributed by atoms with van der Waals surface area (Å²) in [6, 6.07) is 7.71. The van der Waals surface area contributed by atoms with Gasteiger partial charge in [0.1, 0.15) is 16.6 Å². The van der Waals surface area contributed by atoms with E-state index in [0.29, 0.717) is 12.4 Å². The van der Waals surface area contributed by atoms with Crippen molar-refractivity contribution in [2.24, 2.45) is 5.84 Å². The van der Waals surface area contributed by atoms with Crippen LogP contribution >= 0.6 is 27.5 Å². The van der Waals surface area contributed by atoms with Crippen molar-refractivity contribution in [1.29, 1.82) is 0 Å². The van der Waals surface area contributed by atoms with Crippen LogP contribution in [0.1, 0.15) is 5.56 Å². The summed E-state index contributed by atoms with van der Waals surface area (Å²) < 4.78 is 0.724. The number of hydrogen-bond donors (Lipinski definition) is 2. The number of hydrogen-bond acceptors (Lipinski definition) is 5. The molecule has 0 atom stereocenters. The van der Waals surface area contributed by atoms with Crippen molar-refractivity contribution in [3.05, 3.63) is 45.7 Å². The van der Waals surface area contributed by atoms with Crippen molar-refractivity contribution in [2.75, 3.05) is 17.4 Å². The van der Waals surface area contributed by atoms with Crippen molar-refractivity contribution in [3.8, 4) is 0 Å². The van der Waals surface area contributed by atoms with E-state index in [-0.39, 0.29) is 0 Å². The maximum Gasteiger partial charge on any atom is 0.159 e. The molecule has 0 spiro atoms. The Morgan fingerprint density at radius 1 is 1.42 bits per heavy atom. The van der Waals surface area contributed by atoms with Crippen LogP contribution in [0.3, 0.4) is 0 Å². The number of nitrogen functional groups attached to an aromatic ring is 1. The molecule has 0 saturated heterocycles. The van der Waals surface area contributed by atoms with Crippen LogP contribution in [0.4, 0.5) is 11.6 Å². The summed E-state index contributed by atoms with van der Waals surface area (Å²) in [4.78, 5) is 10.2. The van der Waals surface area contributed by atoms with Crippen molar-refractivity contribution in [1.82, 2.24) is 9.97 Å². The Kier molecular flexibility index (Phi) is 4.57. The normalized spacial score (nSPS) is 10.3. The third-order valence-electron chi connectivity index (χ3n) is 2.58. The van der Waals surface area contributed by atoms with Gasteiger partial charge in [-0.1, -0.05) is 23.7 Å². The van der Waals surface area contributed by atoms with Crippen LogP contribution in [0.5, 0.6) is 0 Å². The van der Waals surface area contributed by atoms with Crippen LogP contribution in [0.2, 0.25) is 5.02 Å². The molecule has 2 rings (SSSR count). The second kappa shape index (κ2) is 6.18. The van der Waals surface area contributed by atoms with Crippen LogP contribution in [0.25, 0.3) is 0 Å². The summed E-state index contributed by atoms with van der Waals surface area (Å²) >= 11 is 9.41. The van der Waals surface area contributed by atoms with Gasteiger partial charge < -0.3 is 10.3 Å². The predicted octanol–water partition coefficient (Wildman–Crippen LogP) is 2.81. The van der Waals surface area contributed by atoms with Gasteiger partial charge >= 0.3 is 0 Å². The van der Waals surface area contributed by atoms with Gasteiger partial charge in [0.25, 0.3) is 0 Å². The molecule has 7 heteroatoms. The molecule has 0 radical (unpaired) electrons. The first-order chi connectivity index (χ1) is 9.11. The Balaban J connectivity index is 2.23. The smallest absolute Gasteiger partial charge is 0.159 e.